The molecule has 0 saturated carbocycles. The van der Waals surface area contributed by atoms with Gasteiger partial charge >= 0.3 is 0 Å². The monoisotopic (exact) mass is 258 g/mol. The van der Waals surface area contributed by atoms with Crippen LogP contribution in [-0.4, -0.2) is 29.2 Å². The van der Waals surface area contributed by atoms with Crippen molar-refractivity contribution < 1.29 is 14.4 Å². The maximum absolute atomic E-state index is 12.0. The highest BCUT2D eigenvalue weighted by atomic mass is 16.2. The quantitative estimate of drug-likeness (QED) is 0.759. The molecule has 2 rings (SSSR count). The molecule has 1 aliphatic rings. The molecule has 1 aromatic carbocycles. The molecule has 0 aliphatic carbocycles. The highest BCUT2D eigenvalue weighted by Gasteiger charge is 2.30. The Bertz CT molecular complexity index is 590. The highest BCUT2D eigenvalue weighted by Crippen LogP contribution is 2.12. The second kappa shape index (κ2) is 5.06. The molecule has 0 radical (unpaired) electrons. The van der Waals surface area contributed by atoms with Crippen LogP contribution in [-0.2, 0) is 14.4 Å². The number of rotatable bonds is 1. The van der Waals surface area contributed by atoms with Crippen molar-refractivity contribution in [2.45, 2.75) is 13.8 Å². The summed E-state index contributed by atoms with van der Waals surface area (Å²) in [4.78, 5) is 35.8. The van der Waals surface area contributed by atoms with Gasteiger partial charge in [-0.05, 0) is 18.6 Å². The predicted molar refractivity (Wildman–Crippen MR) is 69.7 cm³/mol. The summed E-state index contributed by atoms with van der Waals surface area (Å²) in [5, 5.41) is 2.50. The van der Waals surface area contributed by atoms with Crippen LogP contribution < -0.4 is 5.32 Å². The van der Waals surface area contributed by atoms with Crippen molar-refractivity contribution in [2.75, 3.05) is 6.54 Å². The Morgan fingerprint density at radius 2 is 2.11 bits per heavy atom. The fourth-order valence-electron chi connectivity index (χ4n) is 1.88. The van der Waals surface area contributed by atoms with Gasteiger partial charge in [0.15, 0.2) is 0 Å². The minimum atomic E-state index is -0.478. The molecule has 0 atom stereocenters. The molecule has 0 spiro atoms. The van der Waals surface area contributed by atoms with Gasteiger partial charge in [0.2, 0.25) is 11.8 Å². The minimum absolute atomic E-state index is 0.122. The van der Waals surface area contributed by atoms with Crippen molar-refractivity contribution in [2.24, 2.45) is 0 Å². The van der Waals surface area contributed by atoms with Crippen LogP contribution in [0, 0.1) is 6.92 Å². The van der Waals surface area contributed by atoms with Crippen LogP contribution in [0.15, 0.2) is 30.0 Å². The first-order chi connectivity index (χ1) is 8.97. The fraction of sp³-hybridized carbons (Fsp3) is 0.214. The number of imide groups is 1. The summed E-state index contributed by atoms with van der Waals surface area (Å²) in [5.74, 6) is -1.28. The molecule has 1 aromatic rings. The van der Waals surface area contributed by atoms with E-state index in [0.717, 1.165) is 16.0 Å². The number of amides is 3. The minimum Gasteiger partial charge on any atom is -0.320 e. The van der Waals surface area contributed by atoms with E-state index in [1.807, 2.05) is 31.2 Å². The van der Waals surface area contributed by atoms with Gasteiger partial charge in [0.25, 0.3) is 5.91 Å². The summed E-state index contributed by atoms with van der Waals surface area (Å²) >= 11 is 0. The number of benzene rings is 1. The van der Waals surface area contributed by atoms with E-state index in [0.29, 0.717) is 0 Å². The largest absolute Gasteiger partial charge is 0.320 e. The number of hydrogen-bond acceptors (Lipinski definition) is 3. The van der Waals surface area contributed by atoms with Crippen molar-refractivity contribution in [1.29, 1.82) is 0 Å². The molecule has 98 valence electrons. The smallest absolute Gasteiger partial charge is 0.277 e. The Morgan fingerprint density at radius 3 is 2.74 bits per heavy atom. The topological polar surface area (TPSA) is 66.5 Å². The van der Waals surface area contributed by atoms with E-state index >= 15 is 0 Å². The van der Waals surface area contributed by atoms with E-state index in [2.05, 4.69) is 5.32 Å². The van der Waals surface area contributed by atoms with Crippen molar-refractivity contribution in [1.82, 2.24) is 10.2 Å². The highest BCUT2D eigenvalue weighted by molar-refractivity contribution is 6.12. The molecule has 0 unspecified atom stereocenters. The lowest BCUT2D eigenvalue weighted by Gasteiger charge is -2.25. The summed E-state index contributed by atoms with van der Waals surface area (Å²) in [6, 6.07) is 7.51. The second-order valence-corrected chi connectivity index (χ2v) is 4.43. The Morgan fingerprint density at radius 1 is 1.37 bits per heavy atom. The van der Waals surface area contributed by atoms with Gasteiger partial charge in [-0.15, -0.1) is 0 Å². The van der Waals surface area contributed by atoms with E-state index < -0.39 is 11.8 Å². The Labute approximate surface area is 110 Å². The van der Waals surface area contributed by atoms with Gasteiger partial charge < -0.3 is 5.32 Å². The van der Waals surface area contributed by atoms with Gasteiger partial charge in [0, 0.05) is 6.92 Å². The molecule has 1 heterocycles. The van der Waals surface area contributed by atoms with Gasteiger partial charge in [-0.1, -0.05) is 29.8 Å². The number of piperazine rings is 1. The molecular formula is C14H14N2O3. The summed E-state index contributed by atoms with van der Waals surface area (Å²) in [7, 11) is 0. The first-order valence-electron chi connectivity index (χ1n) is 5.88. The number of carbonyl (C=O) groups excluding carboxylic acids is 3. The van der Waals surface area contributed by atoms with E-state index in [-0.39, 0.29) is 18.1 Å². The van der Waals surface area contributed by atoms with Crippen molar-refractivity contribution in [3.8, 4) is 0 Å². The first-order valence-corrected chi connectivity index (χ1v) is 5.88. The molecule has 3 amide bonds. The number of hydrogen-bond donors (Lipinski definition) is 1. The van der Waals surface area contributed by atoms with Crippen molar-refractivity contribution in [3.05, 3.63) is 41.1 Å². The SMILES string of the molecule is CC(=O)N1CC(=O)N/C(=C\c2cccc(C)c2)C1=O. The van der Waals surface area contributed by atoms with Gasteiger partial charge in [0.1, 0.15) is 12.2 Å². The van der Waals surface area contributed by atoms with Crippen LogP contribution >= 0.6 is 0 Å². The molecule has 1 saturated heterocycles. The Balaban J connectivity index is 2.35. The maximum atomic E-state index is 12.0. The number of nitrogens with zero attached hydrogens (tertiary/aromatic N) is 1. The van der Waals surface area contributed by atoms with Gasteiger partial charge in [0.05, 0.1) is 0 Å². The van der Waals surface area contributed by atoms with Crippen LogP contribution in [0.25, 0.3) is 6.08 Å². The van der Waals surface area contributed by atoms with Crippen molar-refractivity contribution >= 4 is 23.8 Å². The normalized spacial score (nSPS) is 17.6. The lowest BCUT2D eigenvalue weighted by atomic mass is 10.1. The van der Waals surface area contributed by atoms with E-state index in [1.165, 1.54) is 6.92 Å². The number of carbonyl (C=O) groups is 3. The molecule has 0 aromatic heterocycles. The third-order valence-corrected chi connectivity index (χ3v) is 2.78. The molecule has 1 aliphatic heterocycles. The molecular weight excluding hydrogens is 244 g/mol. The molecule has 0 bridgehead atoms. The Hall–Kier alpha value is -2.43. The summed E-state index contributed by atoms with van der Waals surface area (Å²) in [5.41, 5.74) is 1.97. The Kier molecular flexibility index (Phi) is 3.46. The second-order valence-electron chi connectivity index (χ2n) is 4.43. The molecule has 5 nitrogen and oxygen atoms in total. The van der Waals surface area contributed by atoms with Gasteiger partial charge in [-0.2, -0.15) is 0 Å². The molecule has 1 fully saturated rings. The number of aryl methyl sites for hydroxylation is 1. The predicted octanol–water partition coefficient (Wildman–Crippen LogP) is 0.841. The zero-order valence-electron chi connectivity index (χ0n) is 10.8. The molecule has 19 heavy (non-hydrogen) atoms. The van der Waals surface area contributed by atoms with Crippen LogP contribution in [0.1, 0.15) is 18.1 Å². The van der Waals surface area contributed by atoms with E-state index in [9.17, 15) is 14.4 Å². The zero-order valence-corrected chi connectivity index (χ0v) is 10.8. The maximum Gasteiger partial charge on any atom is 0.277 e. The summed E-state index contributed by atoms with van der Waals surface area (Å²) < 4.78 is 0. The molecule has 1 N–H and O–H groups in total. The number of nitrogens with one attached hydrogen (secondary N) is 1. The van der Waals surface area contributed by atoms with Gasteiger partial charge in [-0.25, -0.2) is 0 Å². The van der Waals surface area contributed by atoms with Crippen LogP contribution in [0.3, 0.4) is 0 Å². The van der Waals surface area contributed by atoms with Crippen LogP contribution in [0.4, 0.5) is 0 Å². The molecule has 5 heteroatoms. The van der Waals surface area contributed by atoms with E-state index in [4.69, 9.17) is 0 Å². The zero-order chi connectivity index (χ0) is 14.0. The average Bonchev–Trinajstić information content (AvgIpc) is 2.33. The summed E-state index contributed by atoms with van der Waals surface area (Å²) in [6.07, 6.45) is 1.57. The lowest BCUT2D eigenvalue weighted by molar-refractivity contribution is -0.147. The average molecular weight is 258 g/mol. The standard InChI is InChI=1S/C14H14N2O3/c1-9-4-3-5-11(6-9)7-12-14(19)16(10(2)17)8-13(18)15-12/h3-7H,8H2,1-2H3,(H,15,18)/b12-7-. The summed E-state index contributed by atoms with van der Waals surface area (Å²) in [6.45, 7) is 2.98. The van der Waals surface area contributed by atoms with Gasteiger partial charge in [-0.3, -0.25) is 19.3 Å². The third-order valence-electron chi connectivity index (χ3n) is 2.78. The first kappa shape index (κ1) is 13.0. The van der Waals surface area contributed by atoms with Crippen LogP contribution in [0.5, 0.6) is 0 Å². The lowest BCUT2D eigenvalue weighted by Crippen LogP contribution is -2.51. The van der Waals surface area contributed by atoms with Crippen molar-refractivity contribution in [3.63, 3.8) is 0 Å². The fourth-order valence-corrected chi connectivity index (χ4v) is 1.88. The third kappa shape index (κ3) is 2.88. The van der Waals surface area contributed by atoms with Crippen LogP contribution in [0.2, 0.25) is 0 Å². The van der Waals surface area contributed by atoms with E-state index in [1.54, 1.807) is 6.08 Å².